The highest BCUT2D eigenvalue weighted by Gasteiger charge is 2.60. The molecular formula is C20H22O6. The molecule has 2 atom stereocenters. The van der Waals surface area contributed by atoms with Gasteiger partial charge in [0.2, 0.25) is 11.2 Å². The van der Waals surface area contributed by atoms with E-state index in [0.29, 0.717) is 11.1 Å². The van der Waals surface area contributed by atoms with Gasteiger partial charge in [-0.05, 0) is 25.0 Å². The van der Waals surface area contributed by atoms with Gasteiger partial charge in [0.25, 0.3) is 0 Å². The fourth-order valence-electron chi connectivity index (χ4n) is 2.80. The molecule has 0 aliphatic rings. The molecule has 0 unspecified atom stereocenters. The maximum Gasteiger partial charge on any atom is 0.339 e. The Kier molecular flexibility index (Phi) is 5.49. The number of hydrogen-bond acceptors (Lipinski definition) is 4. The van der Waals surface area contributed by atoms with Crippen LogP contribution in [0.5, 0.6) is 0 Å². The molecule has 0 saturated heterocycles. The van der Waals surface area contributed by atoms with E-state index in [9.17, 15) is 30.0 Å². The number of carboxylic acid groups (broad SMARTS) is 2. The lowest BCUT2D eigenvalue weighted by Gasteiger charge is -2.37. The molecule has 2 rings (SSSR count). The molecule has 0 amide bonds. The number of rotatable bonds is 7. The summed E-state index contributed by atoms with van der Waals surface area (Å²) in [5.74, 6) is -3.59. The summed E-state index contributed by atoms with van der Waals surface area (Å²) in [6.45, 7) is 3.69. The standard InChI is InChI=1S/C20H22O6/c1-13-3-7-15(8-4-13)11-19(25,17(21)22)20(26,18(23)24)12-16-9-5-14(2)6-10-16/h3-10,25-26H,11-12H2,1-2H3,(H,21,22)(H,23,24)/t19-,20-/m1/s1. The van der Waals surface area contributed by atoms with Crippen LogP contribution >= 0.6 is 0 Å². The molecule has 6 heteroatoms. The van der Waals surface area contributed by atoms with Gasteiger partial charge >= 0.3 is 11.9 Å². The number of carboxylic acids is 2. The van der Waals surface area contributed by atoms with E-state index in [0.717, 1.165) is 11.1 Å². The van der Waals surface area contributed by atoms with Crippen LogP contribution in [-0.4, -0.2) is 43.6 Å². The number of aliphatic hydroxyl groups is 2. The van der Waals surface area contributed by atoms with Crippen LogP contribution in [0, 0.1) is 13.8 Å². The Balaban J connectivity index is 2.46. The summed E-state index contributed by atoms with van der Waals surface area (Å²) < 4.78 is 0. The van der Waals surface area contributed by atoms with E-state index in [1.165, 1.54) is 0 Å². The number of benzene rings is 2. The first kappa shape index (κ1) is 19.6. The first-order valence-electron chi connectivity index (χ1n) is 8.11. The van der Waals surface area contributed by atoms with Gasteiger partial charge < -0.3 is 20.4 Å². The molecule has 0 saturated carbocycles. The van der Waals surface area contributed by atoms with Gasteiger partial charge in [-0.3, -0.25) is 0 Å². The summed E-state index contributed by atoms with van der Waals surface area (Å²) in [5.41, 5.74) is -3.13. The highest BCUT2D eigenvalue weighted by Crippen LogP contribution is 2.31. The van der Waals surface area contributed by atoms with E-state index >= 15 is 0 Å². The number of hydrogen-bond donors (Lipinski definition) is 4. The van der Waals surface area contributed by atoms with Crippen molar-refractivity contribution in [2.24, 2.45) is 0 Å². The lowest BCUT2D eigenvalue weighted by atomic mass is 9.74. The average Bonchev–Trinajstić information content (AvgIpc) is 2.58. The third-order valence-electron chi connectivity index (χ3n) is 4.55. The molecule has 138 valence electrons. The summed E-state index contributed by atoms with van der Waals surface area (Å²) >= 11 is 0. The molecule has 2 aromatic rings. The van der Waals surface area contributed by atoms with E-state index in [2.05, 4.69) is 0 Å². The van der Waals surface area contributed by atoms with Gasteiger partial charge in [-0.15, -0.1) is 0 Å². The largest absolute Gasteiger partial charge is 0.479 e. The summed E-state index contributed by atoms with van der Waals surface area (Å²) in [4.78, 5) is 23.6. The van der Waals surface area contributed by atoms with Gasteiger partial charge in [0.1, 0.15) is 0 Å². The first-order chi connectivity index (χ1) is 12.1. The number of aliphatic carboxylic acids is 2. The molecule has 6 nitrogen and oxygen atoms in total. The lowest BCUT2D eigenvalue weighted by molar-refractivity contribution is -0.206. The molecule has 0 fully saturated rings. The van der Waals surface area contributed by atoms with E-state index in [1.54, 1.807) is 48.5 Å². The third-order valence-corrected chi connectivity index (χ3v) is 4.55. The zero-order valence-corrected chi connectivity index (χ0v) is 14.6. The summed E-state index contributed by atoms with van der Waals surface area (Å²) in [5, 5.41) is 40.7. The second kappa shape index (κ2) is 7.27. The van der Waals surface area contributed by atoms with Gasteiger partial charge in [-0.1, -0.05) is 59.7 Å². The normalized spacial score (nSPS) is 15.7. The molecule has 0 radical (unpaired) electrons. The minimum Gasteiger partial charge on any atom is -0.479 e. The zero-order valence-electron chi connectivity index (χ0n) is 14.6. The predicted octanol–water partition coefficient (Wildman–Crippen LogP) is 1.72. The van der Waals surface area contributed by atoms with E-state index < -0.39 is 36.0 Å². The Hall–Kier alpha value is -2.70. The Bertz CT molecular complexity index is 727. The van der Waals surface area contributed by atoms with Crippen molar-refractivity contribution in [3.8, 4) is 0 Å². The van der Waals surface area contributed by atoms with Crippen molar-refractivity contribution in [3.63, 3.8) is 0 Å². The number of carbonyl (C=O) groups is 2. The van der Waals surface area contributed by atoms with Crippen LogP contribution in [0.15, 0.2) is 48.5 Å². The Morgan fingerprint density at radius 3 is 1.19 bits per heavy atom. The Labute approximate surface area is 151 Å². The van der Waals surface area contributed by atoms with E-state index in [4.69, 9.17) is 0 Å². The van der Waals surface area contributed by atoms with Gasteiger partial charge in [0.05, 0.1) is 0 Å². The monoisotopic (exact) mass is 358 g/mol. The summed E-state index contributed by atoms with van der Waals surface area (Å²) in [7, 11) is 0. The zero-order chi connectivity index (χ0) is 19.5. The molecule has 4 N–H and O–H groups in total. The molecule has 2 aromatic carbocycles. The molecule has 0 aromatic heterocycles. The van der Waals surface area contributed by atoms with Crippen LogP contribution in [0.25, 0.3) is 0 Å². The van der Waals surface area contributed by atoms with Crippen molar-refractivity contribution in [2.45, 2.75) is 37.9 Å². The SMILES string of the molecule is Cc1ccc(C[C@@](O)(C(=O)O)[C@@](O)(Cc2ccc(C)cc2)C(=O)O)cc1. The smallest absolute Gasteiger partial charge is 0.339 e. The predicted molar refractivity (Wildman–Crippen MR) is 94.9 cm³/mol. The van der Waals surface area contributed by atoms with Crippen molar-refractivity contribution in [2.75, 3.05) is 0 Å². The highest BCUT2D eigenvalue weighted by atomic mass is 16.5. The topological polar surface area (TPSA) is 115 Å². The molecule has 0 aliphatic heterocycles. The van der Waals surface area contributed by atoms with Gasteiger partial charge in [-0.25, -0.2) is 9.59 Å². The Morgan fingerprint density at radius 1 is 0.692 bits per heavy atom. The van der Waals surface area contributed by atoms with Crippen molar-refractivity contribution in [1.82, 2.24) is 0 Å². The molecule has 0 heterocycles. The second-order valence-electron chi connectivity index (χ2n) is 6.66. The summed E-state index contributed by atoms with van der Waals surface area (Å²) in [6.07, 6.45) is -1.09. The molecule has 0 spiro atoms. The second-order valence-corrected chi connectivity index (χ2v) is 6.66. The minimum absolute atomic E-state index is 0.407. The fourth-order valence-corrected chi connectivity index (χ4v) is 2.80. The minimum atomic E-state index is -2.90. The van der Waals surface area contributed by atoms with E-state index in [1.807, 2.05) is 13.8 Å². The average molecular weight is 358 g/mol. The Morgan fingerprint density at radius 2 is 0.962 bits per heavy atom. The van der Waals surface area contributed by atoms with Crippen molar-refractivity contribution >= 4 is 11.9 Å². The lowest BCUT2D eigenvalue weighted by Crippen LogP contribution is -2.66. The molecular weight excluding hydrogens is 336 g/mol. The fraction of sp³-hybridized carbons (Fsp3) is 0.300. The van der Waals surface area contributed by atoms with Crippen molar-refractivity contribution in [3.05, 3.63) is 70.8 Å². The maximum atomic E-state index is 11.8. The third kappa shape index (κ3) is 3.76. The van der Waals surface area contributed by atoms with Gasteiger partial charge in [-0.2, -0.15) is 0 Å². The van der Waals surface area contributed by atoms with Gasteiger partial charge in [0, 0.05) is 12.8 Å². The van der Waals surface area contributed by atoms with E-state index in [-0.39, 0.29) is 0 Å². The quantitative estimate of drug-likeness (QED) is 0.599. The van der Waals surface area contributed by atoms with Crippen LogP contribution in [0.3, 0.4) is 0 Å². The summed E-state index contributed by atoms with van der Waals surface area (Å²) in [6, 6.07) is 13.3. The highest BCUT2D eigenvalue weighted by molar-refractivity contribution is 5.91. The van der Waals surface area contributed by atoms with Crippen LogP contribution < -0.4 is 0 Å². The van der Waals surface area contributed by atoms with Crippen molar-refractivity contribution < 1.29 is 30.0 Å². The first-order valence-corrected chi connectivity index (χ1v) is 8.11. The molecule has 0 bridgehead atoms. The van der Waals surface area contributed by atoms with Crippen LogP contribution in [-0.2, 0) is 22.4 Å². The van der Waals surface area contributed by atoms with Crippen LogP contribution in [0.2, 0.25) is 0 Å². The molecule has 26 heavy (non-hydrogen) atoms. The maximum absolute atomic E-state index is 11.8. The van der Waals surface area contributed by atoms with Gasteiger partial charge in [0.15, 0.2) is 0 Å². The van der Waals surface area contributed by atoms with Crippen LogP contribution in [0.4, 0.5) is 0 Å². The van der Waals surface area contributed by atoms with Crippen molar-refractivity contribution in [1.29, 1.82) is 0 Å². The van der Waals surface area contributed by atoms with Crippen LogP contribution in [0.1, 0.15) is 22.3 Å². The number of aryl methyl sites for hydroxylation is 2. The molecule has 0 aliphatic carbocycles.